The highest BCUT2D eigenvalue weighted by Gasteiger charge is 2.36. The van der Waals surface area contributed by atoms with E-state index in [0.717, 1.165) is 16.3 Å². The lowest BCUT2D eigenvalue weighted by atomic mass is 10.2. The number of aromatic nitrogens is 2. The van der Waals surface area contributed by atoms with Gasteiger partial charge >= 0.3 is 6.18 Å². The van der Waals surface area contributed by atoms with E-state index in [0.29, 0.717) is 42.8 Å². The van der Waals surface area contributed by atoms with Crippen molar-refractivity contribution in [3.63, 3.8) is 0 Å². The molecule has 0 saturated carbocycles. The lowest BCUT2D eigenvalue weighted by molar-refractivity contribution is -0.146. The van der Waals surface area contributed by atoms with E-state index in [9.17, 15) is 18.0 Å². The zero-order valence-electron chi connectivity index (χ0n) is 15.1. The molecule has 10 heteroatoms. The van der Waals surface area contributed by atoms with Crippen LogP contribution in [0.25, 0.3) is 0 Å². The summed E-state index contributed by atoms with van der Waals surface area (Å²) >= 11 is 11.9. The largest absolute Gasteiger partial charge is 0.433 e. The number of halogens is 5. The maximum Gasteiger partial charge on any atom is 0.433 e. The fraction of sp³-hybridized carbons (Fsp3) is 0.444. The molecule has 2 aromatic rings. The number of alkyl halides is 3. The van der Waals surface area contributed by atoms with Crippen LogP contribution < -0.4 is 0 Å². The number of benzene rings is 1. The van der Waals surface area contributed by atoms with Gasteiger partial charge in [0.05, 0.1) is 15.7 Å². The van der Waals surface area contributed by atoms with Gasteiger partial charge < -0.3 is 4.90 Å². The second-order valence-electron chi connectivity index (χ2n) is 6.73. The second-order valence-corrected chi connectivity index (χ2v) is 7.55. The zero-order chi connectivity index (χ0) is 20.5. The highest BCUT2D eigenvalue weighted by atomic mass is 35.5. The quantitative estimate of drug-likeness (QED) is 0.733. The van der Waals surface area contributed by atoms with Crippen LogP contribution in [-0.4, -0.2) is 51.7 Å². The summed E-state index contributed by atoms with van der Waals surface area (Å²) in [4.78, 5) is 16.2. The summed E-state index contributed by atoms with van der Waals surface area (Å²) in [7, 11) is 0. The molecule has 0 N–H and O–H groups in total. The summed E-state index contributed by atoms with van der Waals surface area (Å²) in [5.41, 5.74) is 0.333. The number of piperazine rings is 1. The minimum Gasteiger partial charge on any atom is -0.339 e. The number of amides is 1. The van der Waals surface area contributed by atoms with Gasteiger partial charge in [-0.3, -0.25) is 14.4 Å². The lowest BCUT2D eigenvalue weighted by Crippen LogP contribution is -2.49. The first kappa shape index (κ1) is 21.0. The Morgan fingerprint density at radius 3 is 2.39 bits per heavy atom. The third-order valence-electron chi connectivity index (χ3n) is 4.59. The van der Waals surface area contributed by atoms with Crippen LogP contribution in [0, 0.1) is 6.92 Å². The van der Waals surface area contributed by atoms with Crippen LogP contribution >= 0.6 is 23.2 Å². The van der Waals surface area contributed by atoms with Crippen molar-refractivity contribution >= 4 is 29.1 Å². The summed E-state index contributed by atoms with van der Waals surface area (Å²) in [6.45, 7) is 3.85. The van der Waals surface area contributed by atoms with Crippen LogP contribution in [0.2, 0.25) is 10.0 Å². The van der Waals surface area contributed by atoms with E-state index in [2.05, 4.69) is 10.00 Å². The van der Waals surface area contributed by atoms with Crippen molar-refractivity contribution < 1.29 is 18.0 Å². The van der Waals surface area contributed by atoms with Crippen molar-refractivity contribution in [1.29, 1.82) is 0 Å². The number of hydrogen-bond acceptors (Lipinski definition) is 3. The Labute approximate surface area is 170 Å². The maximum absolute atomic E-state index is 13.1. The van der Waals surface area contributed by atoms with Gasteiger partial charge in [-0.25, -0.2) is 0 Å². The summed E-state index contributed by atoms with van der Waals surface area (Å²) in [5, 5.41) is 4.80. The molecule has 1 amide bonds. The molecule has 5 nitrogen and oxygen atoms in total. The molecule has 0 radical (unpaired) electrons. The zero-order valence-corrected chi connectivity index (χ0v) is 16.7. The second kappa shape index (κ2) is 8.31. The van der Waals surface area contributed by atoms with Crippen LogP contribution in [0.15, 0.2) is 24.3 Å². The predicted octanol–water partition coefficient (Wildman–Crippen LogP) is 3.86. The normalized spacial score (nSPS) is 15.9. The monoisotopic (exact) mass is 434 g/mol. The highest BCUT2D eigenvalue weighted by molar-refractivity contribution is 6.42. The van der Waals surface area contributed by atoms with E-state index in [1.54, 1.807) is 17.0 Å². The molecule has 0 bridgehead atoms. The van der Waals surface area contributed by atoms with Crippen LogP contribution in [0.3, 0.4) is 0 Å². The Hall–Kier alpha value is -1.77. The minimum absolute atomic E-state index is 0.228. The minimum atomic E-state index is -4.54. The van der Waals surface area contributed by atoms with Gasteiger partial charge in [0.1, 0.15) is 12.2 Å². The van der Waals surface area contributed by atoms with Crippen molar-refractivity contribution in [1.82, 2.24) is 19.6 Å². The molecule has 0 atom stereocenters. The SMILES string of the molecule is Cc1cc(C(F)(F)F)n(CC(=O)N2CCN(Cc3ccc(Cl)c(Cl)c3)CC2)n1. The Kier molecular flexibility index (Phi) is 6.21. The number of carbonyl (C=O) groups is 1. The molecule has 1 fully saturated rings. The van der Waals surface area contributed by atoms with E-state index in [1.807, 2.05) is 6.07 Å². The van der Waals surface area contributed by atoms with Crippen molar-refractivity contribution in [2.75, 3.05) is 26.2 Å². The molecule has 2 heterocycles. The molecule has 1 aliphatic heterocycles. The highest BCUT2D eigenvalue weighted by Crippen LogP contribution is 2.30. The summed E-state index contributed by atoms with van der Waals surface area (Å²) in [6, 6.07) is 6.39. The molecular weight excluding hydrogens is 416 g/mol. The summed E-state index contributed by atoms with van der Waals surface area (Å²) in [5.74, 6) is -0.372. The first-order valence-corrected chi connectivity index (χ1v) is 9.45. The number of carbonyl (C=O) groups excluding carboxylic acids is 1. The molecule has 1 aromatic carbocycles. The van der Waals surface area contributed by atoms with Gasteiger partial charge in [-0.15, -0.1) is 0 Å². The van der Waals surface area contributed by atoms with Gasteiger partial charge in [-0.1, -0.05) is 29.3 Å². The van der Waals surface area contributed by atoms with Gasteiger partial charge in [-0.05, 0) is 30.7 Å². The smallest absolute Gasteiger partial charge is 0.339 e. The van der Waals surface area contributed by atoms with E-state index in [-0.39, 0.29) is 11.6 Å². The van der Waals surface area contributed by atoms with Crippen LogP contribution in [0.4, 0.5) is 13.2 Å². The Morgan fingerprint density at radius 2 is 1.79 bits per heavy atom. The molecule has 3 rings (SSSR count). The molecule has 152 valence electrons. The molecule has 1 aromatic heterocycles. The van der Waals surface area contributed by atoms with E-state index >= 15 is 0 Å². The third kappa shape index (κ3) is 4.98. The van der Waals surface area contributed by atoms with Gasteiger partial charge in [0, 0.05) is 32.7 Å². The van der Waals surface area contributed by atoms with E-state index in [1.165, 1.54) is 6.92 Å². The molecule has 28 heavy (non-hydrogen) atoms. The Bertz CT molecular complexity index is 861. The average molecular weight is 435 g/mol. The first-order valence-electron chi connectivity index (χ1n) is 8.69. The topological polar surface area (TPSA) is 41.4 Å². The molecule has 0 spiro atoms. The Balaban J connectivity index is 1.56. The number of hydrogen-bond donors (Lipinski definition) is 0. The van der Waals surface area contributed by atoms with Gasteiger partial charge in [0.2, 0.25) is 5.91 Å². The van der Waals surface area contributed by atoms with Gasteiger partial charge in [0.15, 0.2) is 0 Å². The molecule has 1 aliphatic rings. The lowest BCUT2D eigenvalue weighted by Gasteiger charge is -2.35. The van der Waals surface area contributed by atoms with Crippen LogP contribution in [0.1, 0.15) is 17.0 Å². The third-order valence-corrected chi connectivity index (χ3v) is 5.33. The summed E-state index contributed by atoms with van der Waals surface area (Å²) in [6.07, 6.45) is -4.54. The number of nitrogens with zero attached hydrogens (tertiary/aromatic N) is 4. The number of aryl methyl sites for hydroxylation is 1. The van der Waals surface area contributed by atoms with Crippen molar-refractivity contribution in [2.45, 2.75) is 26.2 Å². The van der Waals surface area contributed by atoms with Gasteiger partial charge in [-0.2, -0.15) is 18.3 Å². The average Bonchev–Trinajstić information content (AvgIpc) is 2.99. The number of rotatable bonds is 4. The van der Waals surface area contributed by atoms with Crippen molar-refractivity contribution in [2.24, 2.45) is 0 Å². The maximum atomic E-state index is 13.1. The van der Waals surface area contributed by atoms with E-state index < -0.39 is 18.4 Å². The molecule has 1 saturated heterocycles. The van der Waals surface area contributed by atoms with Crippen molar-refractivity contribution in [3.8, 4) is 0 Å². The van der Waals surface area contributed by atoms with Crippen molar-refractivity contribution in [3.05, 3.63) is 51.3 Å². The predicted molar refractivity (Wildman–Crippen MR) is 100 cm³/mol. The van der Waals surface area contributed by atoms with Gasteiger partial charge in [0.25, 0.3) is 0 Å². The molecular formula is C18H19Cl2F3N4O. The molecule has 0 aliphatic carbocycles. The van der Waals surface area contributed by atoms with E-state index in [4.69, 9.17) is 23.2 Å². The first-order chi connectivity index (χ1) is 13.1. The fourth-order valence-electron chi connectivity index (χ4n) is 3.17. The molecule has 0 unspecified atom stereocenters. The van der Waals surface area contributed by atoms with Crippen LogP contribution in [0.5, 0.6) is 0 Å². The summed E-state index contributed by atoms with van der Waals surface area (Å²) < 4.78 is 39.9. The standard InChI is InChI=1S/C18H19Cl2F3N4O/c1-12-8-16(18(21,22)23)27(24-12)11-17(28)26-6-4-25(5-7-26)10-13-2-3-14(19)15(20)9-13/h2-3,8-9H,4-7,10-11H2,1H3. The fourth-order valence-corrected chi connectivity index (χ4v) is 3.49. The Morgan fingerprint density at radius 1 is 1.11 bits per heavy atom. The van der Waals surface area contributed by atoms with Crippen LogP contribution in [-0.2, 0) is 24.1 Å².